The summed E-state index contributed by atoms with van der Waals surface area (Å²) in [6.07, 6.45) is 10.3. The number of pyridine rings is 3. The highest BCUT2D eigenvalue weighted by Crippen LogP contribution is 2.34. The van der Waals surface area contributed by atoms with E-state index in [2.05, 4.69) is 35.1 Å². The molecule has 1 saturated heterocycles. The zero-order valence-electron chi connectivity index (χ0n) is 23.4. The molecule has 4 aromatic heterocycles. The van der Waals surface area contributed by atoms with E-state index in [1.807, 2.05) is 26.1 Å². The normalized spacial score (nSPS) is 17.6. The zero-order chi connectivity index (χ0) is 29.4. The Balaban J connectivity index is 1.26. The van der Waals surface area contributed by atoms with Crippen LogP contribution in [0.5, 0.6) is 0 Å². The van der Waals surface area contributed by atoms with Crippen molar-refractivity contribution in [3.05, 3.63) is 77.9 Å². The number of carbonyl (C=O) groups is 1. The van der Waals surface area contributed by atoms with Gasteiger partial charge in [-0.15, -0.1) is 0 Å². The van der Waals surface area contributed by atoms with Gasteiger partial charge in [0.15, 0.2) is 11.5 Å². The quantitative estimate of drug-likeness (QED) is 0.260. The second-order valence-electron chi connectivity index (χ2n) is 10.7. The summed E-state index contributed by atoms with van der Waals surface area (Å²) < 4.78 is 14.0. The molecule has 42 heavy (non-hydrogen) atoms. The van der Waals surface area contributed by atoms with Gasteiger partial charge in [-0.3, -0.25) is 10.4 Å². The molecule has 1 aliphatic carbocycles. The Labute approximate surface area is 241 Å². The molecule has 214 valence electrons. The van der Waals surface area contributed by atoms with E-state index >= 15 is 0 Å². The molecule has 5 heterocycles. The van der Waals surface area contributed by atoms with Gasteiger partial charge in [0.2, 0.25) is 0 Å². The number of anilines is 2. The van der Waals surface area contributed by atoms with E-state index in [0.717, 1.165) is 24.2 Å². The number of aromatic amines is 1. The van der Waals surface area contributed by atoms with Gasteiger partial charge in [-0.2, -0.15) is 0 Å². The highest BCUT2D eigenvalue weighted by atomic mass is 19.1. The third-order valence-electron chi connectivity index (χ3n) is 7.72. The minimum atomic E-state index is -0.212. The second-order valence-corrected chi connectivity index (χ2v) is 10.7. The van der Waals surface area contributed by atoms with Crippen LogP contribution < -0.4 is 11.1 Å². The molecule has 11 nitrogen and oxygen atoms in total. The Morgan fingerprint density at radius 1 is 1.12 bits per heavy atom. The lowest BCUT2D eigenvalue weighted by atomic mass is 9.90. The van der Waals surface area contributed by atoms with Crippen molar-refractivity contribution < 1.29 is 9.18 Å². The number of hydrogen-bond acceptors (Lipinski definition) is 8. The molecule has 0 bridgehead atoms. The fourth-order valence-corrected chi connectivity index (χ4v) is 5.18. The highest BCUT2D eigenvalue weighted by molar-refractivity contribution is 6.13. The molecule has 0 aromatic carbocycles. The van der Waals surface area contributed by atoms with E-state index < -0.39 is 0 Å². The lowest BCUT2D eigenvalue weighted by Gasteiger charge is -2.32. The van der Waals surface area contributed by atoms with Crippen LogP contribution in [0.15, 0.2) is 61.0 Å². The van der Waals surface area contributed by atoms with Crippen molar-refractivity contribution in [2.45, 2.75) is 13.3 Å². The van der Waals surface area contributed by atoms with Gasteiger partial charge in [0.1, 0.15) is 17.4 Å². The lowest BCUT2D eigenvalue weighted by molar-refractivity contribution is 0.164. The summed E-state index contributed by atoms with van der Waals surface area (Å²) in [5.74, 6) is 0.107. The Hall–Kier alpha value is -4.97. The van der Waals surface area contributed by atoms with Gasteiger partial charge < -0.3 is 25.8 Å². The molecule has 1 fully saturated rings. The summed E-state index contributed by atoms with van der Waals surface area (Å²) in [7, 11) is 2.04. The number of nitrogens with zero attached hydrogens (tertiary/aromatic N) is 6. The Morgan fingerprint density at radius 2 is 1.90 bits per heavy atom. The number of aromatic nitrogens is 5. The van der Waals surface area contributed by atoms with Crippen molar-refractivity contribution in [3.63, 3.8) is 0 Å². The number of fused-ring (bicyclic) bond motifs is 1. The van der Waals surface area contributed by atoms with Crippen molar-refractivity contribution in [2.75, 3.05) is 44.3 Å². The molecular weight excluding hydrogens is 535 g/mol. The number of halogens is 1. The average Bonchev–Trinajstić information content (AvgIpc) is 3.44. The van der Waals surface area contributed by atoms with Crippen LogP contribution in [0.4, 0.5) is 20.7 Å². The molecule has 5 N–H and O–H groups in total. The van der Waals surface area contributed by atoms with Crippen LogP contribution in [0.3, 0.4) is 0 Å². The fraction of sp³-hybridized carbons (Fsp3) is 0.267. The Morgan fingerprint density at radius 3 is 2.69 bits per heavy atom. The minimum absolute atomic E-state index is 0.0511. The molecule has 0 saturated carbocycles. The predicted octanol–water partition coefficient (Wildman–Crippen LogP) is 4.47. The van der Waals surface area contributed by atoms with E-state index in [4.69, 9.17) is 11.1 Å². The van der Waals surface area contributed by atoms with Crippen LogP contribution in [0.25, 0.3) is 27.9 Å². The summed E-state index contributed by atoms with van der Waals surface area (Å²) in [5.41, 5.74) is 11.6. The largest absolute Gasteiger partial charge is 0.383 e. The van der Waals surface area contributed by atoms with Crippen LogP contribution in [0.1, 0.15) is 30.3 Å². The van der Waals surface area contributed by atoms with Crippen molar-refractivity contribution in [3.8, 4) is 11.1 Å². The van der Waals surface area contributed by atoms with Gasteiger partial charge in [0.05, 0.1) is 17.4 Å². The van der Waals surface area contributed by atoms with Crippen molar-refractivity contribution >= 4 is 40.0 Å². The number of urea groups is 1. The van der Waals surface area contributed by atoms with Gasteiger partial charge in [-0.05, 0) is 43.3 Å². The van der Waals surface area contributed by atoms with E-state index in [-0.39, 0.29) is 35.1 Å². The zero-order valence-corrected chi connectivity index (χ0v) is 23.4. The number of H-pyrrole nitrogens is 1. The van der Waals surface area contributed by atoms with E-state index in [1.165, 1.54) is 6.08 Å². The van der Waals surface area contributed by atoms with Gasteiger partial charge in [0.25, 0.3) is 0 Å². The summed E-state index contributed by atoms with van der Waals surface area (Å²) in [4.78, 5) is 37.5. The number of piperazine rings is 1. The predicted molar refractivity (Wildman–Crippen MR) is 161 cm³/mol. The van der Waals surface area contributed by atoms with Gasteiger partial charge in [0, 0.05) is 72.9 Å². The van der Waals surface area contributed by atoms with Crippen LogP contribution in [-0.4, -0.2) is 79.7 Å². The van der Waals surface area contributed by atoms with E-state index in [0.29, 0.717) is 53.1 Å². The van der Waals surface area contributed by atoms with Gasteiger partial charge in [-0.1, -0.05) is 13.0 Å². The number of rotatable bonds is 5. The third kappa shape index (κ3) is 5.36. The fourth-order valence-electron chi connectivity index (χ4n) is 5.18. The topological polar surface area (TPSA) is 153 Å². The maximum atomic E-state index is 14.0. The van der Waals surface area contributed by atoms with E-state index in [9.17, 15) is 9.18 Å². The maximum Gasteiger partial charge on any atom is 0.321 e. The lowest BCUT2D eigenvalue weighted by Crippen LogP contribution is -2.48. The maximum absolute atomic E-state index is 14.0. The first kappa shape index (κ1) is 27.2. The molecule has 4 aromatic rings. The van der Waals surface area contributed by atoms with Crippen molar-refractivity contribution in [2.24, 2.45) is 5.92 Å². The number of likely N-dealkylation sites (N-methyl/N-ethyl adjacent to an activating group) is 1. The standard InChI is InChI=1S/C30H31FN10O/c1-17-11-18(3-4-24(17)31)22-5-6-35-29-26(22)38-28(39-29)25(32)23-13-20(15-36-27(23)33)19-12-21(16-34-14-19)37-30(42)41-9-7-40(2)8-10-41/h3-6,12-17,32H,7-11H2,1-2H3,(H2,33,36)(H,37,42)(H,35,38,39)/t17-/m1/s1. The SMILES string of the molecule is C[C@@H]1CC(c2ccnc3nc(C(=N)c4cc(-c5cncc(NC(=O)N6CCN(C)CC6)c5)cnc4N)[nH]c23)=CC=C1F. The summed E-state index contributed by atoms with van der Waals surface area (Å²) >= 11 is 0. The third-order valence-corrected chi connectivity index (χ3v) is 7.72. The monoisotopic (exact) mass is 566 g/mol. The number of nitrogens with one attached hydrogen (secondary N) is 3. The molecule has 2 aliphatic rings. The molecule has 1 aliphatic heterocycles. The van der Waals surface area contributed by atoms with Crippen LogP contribution in [0, 0.1) is 11.3 Å². The summed E-state index contributed by atoms with van der Waals surface area (Å²) in [6.45, 7) is 4.83. The number of carbonyl (C=O) groups excluding carboxylic acids is 1. The first-order chi connectivity index (χ1) is 20.3. The van der Waals surface area contributed by atoms with Crippen LogP contribution >= 0.6 is 0 Å². The van der Waals surface area contributed by atoms with Gasteiger partial charge >= 0.3 is 6.03 Å². The number of amides is 2. The number of hydrogen-bond donors (Lipinski definition) is 4. The molecule has 0 unspecified atom stereocenters. The van der Waals surface area contributed by atoms with Gasteiger partial charge in [-0.25, -0.2) is 24.1 Å². The minimum Gasteiger partial charge on any atom is -0.383 e. The molecule has 2 amide bonds. The average molecular weight is 567 g/mol. The first-order valence-corrected chi connectivity index (χ1v) is 13.7. The smallest absolute Gasteiger partial charge is 0.321 e. The molecule has 6 rings (SSSR count). The first-order valence-electron chi connectivity index (χ1n) is 13.7. The van der Waals surface area contributed by atoms with E-state index in [1.54, 1.807) is 41.8 Å². The molecular formula is C30H31FN10O. The molecule has 0 radical (unpaired) electrons. The number of imidazole rings is 1. The summed E-state index contributed by atoms with van der Waals surface area (Å²) in [6, 6.07) is 5.27. The van der Waals surface area contributed by atoms with Crippen LogP contribution in [-0.2, 0) is 0 Å². The Kier molecular flexibility index (Phi) is 7.21. The van der Waals surface area contributed by atoms with Crippen molar-refractivity contribution in [1.29, 1.82) is 5.41 Å². The molecule has 12 heteroatoms. The second kappa shape index (κ2) is 11.1. The van der Waals surface area contributed by atoms with Crippen molar-refractivity contribution in [1.82, 2.24) is 34.7 Å². The number of allylic oxidation sites excluding steroid dienone is 4. The Bertz CT molecular complexity index is 1750. The highest BCUT2D eigenvalue weighted by Gasteiger charge is 2.22. The summed E-state index contributed by atoms with van der Waals surface area (Å²) in [5, 5.41) is 11.9. The van der Waals surface area contributed by atoms with Crippen LogP contribution in [0.2, 0.25) is 0 Å². The number of nitrogen functional groups attached to an aromatic ring is 1. The molecule has 0 spiro atoms. The number of nitrogens with two attached hydrogens (primary N) is 1. The molecule has 1 atom stereocenters.